The van der Waals surface area contributed by atoms with Gasteiger partial charge in [-0.2, -0.15) is 0 Å². The molecule has 4 N–H and O–H groups in total. The van der Waals surface area contributed by atoms with Crippen molar-refractivity contribution in [1.82, 2.24) is 0 Å². The number of carbonyl (C=O) groups excluding carboxylic acids is 1. The van der Waals surface area contributed by atoms with Gasteiger partial charge in [-0.15, -0.1) is 0 Å². The number of nitrogens with one attached hydrogen (secondary N) is 1. The summed E-state index contributed by atoms with van der Waals surface area (Å²) >= 11 is 5.83. The van der Waals surface area contributed by atoms with Gasteiger partial charge in [-0.25, -0.2) is 4.39 Å². The van der Waals surface area contributed by atoms with Gasteiger partial charge in [0.15, 0.2) is 0 Å². The molecule has 2 aromatic rings. The van der Waals surface area contributed by atoms with Gasteiger partial charge in [-0.3, -0.25) is 4.79 Å². The van der Waals surface area contributed by atoms with Crippen molar-refractivity contribution in [2.24, 2.45) is 5.73 Å². The second kappa shape index (κ2) is 6.01. The molecule has 0 aliphatic carbocycles. The molecule has 0 aliphatic rings. The van der Waals surface area contributed by atoms with E-state index in [0.29, 0.717) is 16.8 Å². The molecule has 0 radical (unpaired) electrons. The van der Waals surface area contributed by atoms with Gasteiger partial charge in [-0.05, 0) is 48.4 Å². The summed E-state index contributed by atoms with van der Waals surface area (Å²) in [5.41, 5.74) is 7.00. The Bertz CT molecular complexity index is 671. The Morgan fingerprint density at radius 1 is 1.33 bits per heavy atom. The van der Waals surface area contributed by atoms with Gasteiger partial charge in [0.05, 0.1) is 5.02 Å². The number of phenols is 1. The van der Waals surface area contributed by atoms with Gasteiger partial charge in [-0.1, -0.05) is 17.7 Å². The number of nitrogens with two attached hydrogens (primary N) is 1. The fraction of sp³-hybridized carbons (Fsp3) is 0.133. The van der Waals surface area contributed by atoms with Gasteiger partial charge in [0, 0.05) is 5.69 Å². The van der Waals surface area contributed by atoms with E-state index in [1.807, 2.05) is 0 Å². The second-order valence-corrected chi connectivity index (χ2v) is 5.12. The zero-order chi connectivity index (χ0) is 15.6. The number of amides is 1. The minimum atomic E-state index is -0.885. The highest BCUT2D eigenvalue weighted by atomic mass is 35.5. The van der Waals surface area contributed by atoms with Gasteiger partial charge in [0.1, 0.15) is 17.6 Å². The van der Waals surface area contributed by atoms with E-state index in [0.717, 1.165) is 0 Å². The first-order chi connectivity index (χ1) is 9.86. The third-order valence-electron chi connectivity index (χ3n) is 2.94. The second-order valence-electron chi connectivity index (χ2n) is 4.71. The molecule has 0 spiro atoms. The number of carbonyl (C=O) groups is 1. The molecule has 21 heavy (non-hydrogen) atoms. The normalized spacial score (nSPS) is 12.0. The van der Waals surface area contributed by atoms with E-state index in [1.165, 1.54) is 30.3 Å². The van der Waals surface area contributed by atoms with Crippen LogP contribution in [0.5, 0.6) is 5.75 Å². The molecule has 2 rings (SSSR count). The molecule has 1 amide bonds. The van der Waals surface area contributed by atoms with E-state index >= 15 is 0 Å². The molecule has 6 heteroatoms. The van der Waals surface area contributed by atoms with E-state index in [2.05, 4.69) is 5.32 Å². The Labute approximate surface area is 126 Å². The molecule has 0 heterocycles. The zero-order valence-corrected chi connectivity index (χ0v) is 12.0. The van der Waals surface area contributed by atoms with Gasteiger partial charge >= 0.3 is 0 Å². The van der Waals surface area contributed by atoms with E-state index in [1.54, 1.807) is 13.0 Å². The minimum absolute atomic E-state index is 0.0924. The number of aromatic hydroxyl groups is 1. The summed E-state index contributed by atoms with van der Waals surface area (Å²) in [5, 5.41) is 12.4. The van der Waals surface area contributed by atoms with Crippen LogP contribution < -0.4 is 11.1 Å². The molecule has 0 aliphatic heterocycles. The van der Waals surface area contributed by atoms with Crippen LogP contribution in [0.2, 0.25) is 5.02 Å². The average molecular weight is 309 g/mol. The third-order valence-corrected chi connectivity index (χ3v) is 3.25. The first kappa shape index (κ1) is 15.1. The number of halogens is 2. The summed E-state index contributed by atoms with van der Waals surface area (Å²) < 4.78 is 13.4. The van der Waals surface area contributed by atoms with Crippen LogP contribution in [0.25, 0.3) is 0 Å². The molecule has 1 unspecified atom stereocenters. The summed E-state index contributed by atoms with van der Waals surface area (Å²) in [7, 11) is 0. The third kappa shape index (κ3) is 3.64. The molecule has 2 aromatic carbocycles. The van der Waals surface area contributed by atoms with Crippen molar-refractivity contribution in [1.29, 1.82) is 0 Å². The minimum Gasteiger partial charge on any atom is -0.506 e. The zero-order valence-electron chi connectivity index (χ0n) is 11.2. The Kier molecular flexibility index (Phi) is 4.33. The van der Waals surface area contributed by atoms with Crippen molar-refractivity contribution in [2.75, 3.05) is 5.32 Å². The van der Waals surface area contributed by atoms with Gasteiger partial charge in [0.2, 0.25) is 5.91 Å². The number of aryl methyl sites for hydroxylation is 1. The topological polar surface area (TPSA) is 75.3 Å². The number of rotatable bonds is 4. The number of hydrogen-bond donors (Lipinski definition) is 3. The smallest absolute Gasteiger partial charge is 0.244 e. The predicted octanol–water partition coefficient (Wildman–Crippen LogP) is 3.13. The van der Waals surface area contributed by atoms with Crippen LogP contribution in [-0.4, -0.2) is 11.0 Å². The van der Waals surface area contributed by atoms with Crippen LogP contribution in [0.1, 0.15) is 17.2 Å². The van der Waals surface area contributed by atoms with Crippen LogP contribution in [0.15, 0.2) is 36.4 Å². The van der Waals surface area contributed by atoms with Crippen LogP contribution in [0.3, 0.4) is 0 Å². The van der Waals surface area contributed by atoms with Crippen LogP contribution >= 0.6 is 11.6 Å². The van der Waals surface area contributed by atoms with Crippen LogP contribution in [-0.2, 0) is 4.79 Å². The molecule has 4 nitrogen and oxygen atoms in total. The van der Waals surface area contributed by atoms with Gasteiger partial charge < -0.3 is 16.2 Å². The Morgan fingerprint density at radius 3 is 2.62 bits per heavy atom. The monoisotopic (exact) mass is 308 g/mol. The highest BCUT2D eigenvalue weighted by Crippen LogP contribution is 2.28. The van der Waals surface area contributed by atoms with Crippen LogP contribution in [0, 0.1) is 12.7 Å². The first-order valence-corrected chi connectivity index (χ1v) is 6.56. The number of primary amides is 1. The van der Waals surface area contributed by atoms with Crippen molar-refractivity contribution in [3.05, 3.63) is 58.4 Å². The number of phenolic OH excluding ortho intramolecular Hbond substituents is 1. The van der Waals surface area contributed by atoms with Crippen LogP contribution in [0.4, 0.5) is 10.1 Å². The highest BCUT2D eigenvalue weighted by molar-refractivity contribution is 6.32. The molecular weight excluding hydrogens is 295 g/mol. The van der Waals surface area contributed by atoms with Crippen molar-refractivity contribution in [2.45, 2.75) is 13.0 Å². The van der Waals surface area contributed by atoms with E-state index in [-0.39, 0.29) is 10.8 Å². The Morgan fingerprint density at radius 2 is 2.05 bits per heavy atom. The summed E-state index contributed by atoms with van der Waals surface area (Å²) in [4.78, 5) is 11.6. The van der Waals surface area contributed by atoms with Crippen molar-refractivity contribution in [3.8, 4) is 5.75 Å². The lowest BCUT2D eigenvalue weighted by atomic mass is 10.1. The molecule has 110 valence electrons. The molecule has 0 aromatic heterocycles. The number of benzene rings is 2. The summed E-state index contributed by atoms with van der Waals surface area (Å²) in [5.74, 6) is -1.15. The lowest BCUT2D eigenvalue weighted by molar-refractivity contribution is -0.118. The quantitative estimate of drug-likeness (QED) is 0.812. The standard InChI is InChI=1S/C15H14ClFN2O2/c1-8-4-10(17)7-11(5-8)19-14(15(18)21)9-2-3-13(20)12(16)6-9/h2-7,14,19-20H,1H3,(H2,18,21). The van der Waals surface area contributed by atoms with E-state index < -0.39 is 17.8 Å². The summed E-state index contributed by atoms with van der Waals surface area (Å²) in [6.45, 7) is 1.74. The lowest BCUT2D eigenvalue weighted by Crippen LogP contribution is -2.27. The SMILES string of the molecule is Cc1cc(F)cc(NC(C(N)=O)c2ccc(O)c(Cl)c2)c1. The molecule has 0 saturated carbocycles. The number of hydrogen-bond acceptors (Lipinski definition) is 3. The summed E-state index contributed by atoms with van der Waals surface area (Å²) in [6.07, 6.45) is 0. The Balaban J connectivity index is 2.35. The first-order valence-electron chi connectivity index (χ1n) is 6.18. The molecule has 1 atom stereocenters. The van der Waals surface area contributed by atoms with E-state index in [4.69, 9.17) is 17.3 Å². The maximum absolute atomic E-state index is 13.4. The molecule has 0 bridgehead atoms. The van der Waals surface area contributed by atoms with Crippen molar-refractivity contribution in [3.63, 3.8) is 0 Å². The maximum atomic E-state index is 13.4. The molecule has 0 fully saturated rings. The fourth-order valence-electron chi connectivity index (χ4n) is 2.01. The highest BCUT2D eigenvalue weighted by Gasteiger charge is 2.19. The van der Waals surface area contributed by atoms with Crippen molar-refractivity contribution >= 4 is 23.2 Å². The van der Waals surface area contributed by atoms with Crippen molar-refractivity contribution < 1.29 is 14.3 Å². The molecular formula is C15H14ClFN2O2. The predicted molar refractivity (Wildman–Crippen MR) is 79.8 cm³/mol. The maximum Gasteiger partial charge on any atom is 0.244 e. The number of anilines is 1. The van der Waals surface area contributed by atoms with Gasteiger partial charge in [0.25, 0.3) is 0 Å². The molecule has 0 saturated heterocycles. The Hall–Kier alpha value is -2.27. The van der Waals surface area contributed by atoms with E-state index in [9.17, 15) is 14.3 Å². The summed E-state index contributed by atoms with van der Waals surface area (Å²) in [6, 6.07) is 7.78. The lowest BCUT2D eigenvalue weighted by Gasteiger charge is -2.18. The average Bonchev–Trinajstić information content (AvgIpc) is 2.38. The fourth-order valence-corrected chi connectivity index (χ4v) is 2.20. The largest absolute Gasteiger partial charge is 0.506 e.